The smallest absolute Gasteiger partial charge is 0.242 e. The molecular weight excluding hydrogens is 216 g/mol. The molecule has 4 heteroatoms. The first-order chi connectivity index (χ1) is 8.19. The topological polar surface area (TPSA) is 64.4 Å². The highest BCUT2D eigenvalue weighted by Crippen LogP contribution is 2.23. The van der Waals surface area contributed by atoms with E-state index in [1.807, 2.05) is 19.1 Å². The molecule has 1 aromatic carbocycles. The second kappa shape index (κ2) is 6.56. The summed E-state index contributed by atoms with van der Waals surface area (Å²) in [6, 6.07) is 6.49. The number of carbonyl (C=O) groups excluding carboxylic acids is 1. The minimum absolute atomic E-state index is 0.211. The molecule has 0 saturated carbocycles. The van der Waals surface area contributed by atoms with Crippen molar-refractivity contribution in [1.29, 1.82) is 0 Å². The number of nitrogens with one attached hydrogen (secondary N) is 1. The lowest BCUT2D eigenvalue weighted by atomic mass is 10.2. The van der Waals surface area contributed by atoms with Gasteiger partial charge in [0.15, 0.2) is 0 Å². The van der Waals surface area contributed by atoms with Gasteiger partial charge in [-0.2, -0.15) is 0 Å². The standard InChI is InChI=1S/C13H16N2O2/c1-3-7-10(14)13(16)15-11-8-5-6-9-12(11)17-4-2/h1,5-6,8-10H,4,7,14H2,2H3,(H,15,16). The van der Waals surface area contributed by atoms with Crippen molar-refractivity contribution in [2.75, 3.05) is 11.9 Å². The molecule has 1 rings (SSSR count). The van der Waals surface area contributed by atoms with Crippen molar-refractivity contribution in [2.24, 2.45) is 5.73 Å². The zero-order valence-corrected chi connectivity index (χ0v) is 9.77. The summed E-state index contributed by atoms with van der Waals surface area (Å²) in [6.45, 7) is 2.41. The predicted octanol–water partition coefficient (Wildman–Crippen LogP) is 1.37. The van der Waals surface area contributed by atoms with Crippen molar-refractivity contribution in [1.82, 2.24) is 0 Å². The van der Waals surface area contributed by atoms with E-state index in [1.165, 1.54) is 0 Å². The van der Waals surface area contributed by atoms with E-state index < -0.39 is 6.04 Å². The fourth-order valence-corrected chi connectivity index (χ4v) is 1.30. The van der Waals surface area contributed by atoms with Crippen LogP contribution >= 0.6 is 0 Å². The largest absolute Gasteiger partial charge is 0.492 e. The van der Waals surface area contributed by atoms with Gasteiger partial charge >= 0.3 is 0 Å². The fourth-order valence-electron chi connectivity index (χ4n) is 1.30. The number of carbonyl (C=O) groups is 1. The van der Waals surface area contributed by atoms with Crippen LogP contribution in [0.5, 0.6) is 5.75 Å². The van der Waals surface area contributed by atoms with Gasteiger partial charge in [0, 0.05) is 6.42 Å². The van der Waals surface area contributed by atoms with Gasteiger partial charge in [-0.1, -0.05) is 12.1 Å². The molecule has 0 radical (unpaired) electrons. The number of hydrogen-bond acceptors (Lipinski definition) is 3. The van der Waals surface area contributed by atoms with Crippen molar-refractivity contribution in [2.45, 2.75) is 19.4 Å². The third-order valence-electron chi connectivity index (χ3n) is 2.12. The molecule has 0 spiro atoms. The van der Waals surface area contributed by atoms with Crippen LogP contribution in [0.25, 0.3) is 0 Å². The van der Waals surface area contributed by atoms with E-state index in [1.54, 1.807) is 12.1 Å². The quantitative estimate of drug-likeness (QED) is 0.754. The molecular formula is C13H16N2O2. The highest BCUT2D eigenvalue weighted by atomic mass is 16.5. The summed E-state index contributed by atoms with van der Waals surface area (Å²) in [7, 11) is 0. The molecule has 1 amide bonds. The minimum atomic E-state index is -0.699. The number of rotatable bonds is 5. The molecule has 0 aliphatic rings. The van der Waals surface area contributed by atoms with E-state index >= 15 is 0 Å². The predicted molar refractivity (Wildman–Crippen MR) is 67.7 cm³/mol. The lowest BCUT2D eigenvalue weighted by molar-refractivity contribution is -0.117. The number of benzene rings is 1. The van der Waals surface area contributed by atoms with Crippen LogP contribution in [-0.2, 0) is 4.79 Å². The summed E-state index contributed by atoms with van der Waals surface area (Å²) in [5.41, 5.74) is 6.21. The molecule has 90 valence electrons. The van der Waals surface area contributed by atoms with Crippen LogP contribution < -0.4 is 15.8 Å². The second-order valence-corrected chi connectivity index (χ2v) is 3.43. The highest BCUT2D eigenvalue weighted by Gasteiger charge is 2.13. The number of para-hydroxylation sites is 2. The molecule has 1 unspecified atom stereocenters. The monoisotopic (exact) mass is 232 g/mol. The van der Waals surface area contributed by atoms with Crippen LogP contribution in [0.3, 0.4) is 0 Å². The van der Waals surface area contributed by atoms with Gasteiger partial charge in [-0.15, -0.1) is 12.3 Å². The summed E-state index contributed by atoms with van der Waals surface area (Å²) in [4.78, 5) is 11.7. The van der Waals surface area contributed by atoms with Crippen molar-refractivity contribution in [3.05, 3.63) is 24.3 Å². The average Bonchev–Trinajstić information content (AvgIpc) is 2.32. The van der Waals surface area contributed by atoms with E-state index in [0.29, 0.717) is 18.0 Å². The Hall–Kier alpha value is -1.99. The highest BCUT2D eigenvalue weighted by molar-refractivity contribution is 5.96. The maximum atomic E-state index is 11.7. The second-order valence-electron chi connectivity index (χ2n) is 3.43. The molecule has 0 aliphatic carbocycles. The Balaban J connectivity index is 2.74. The van der Waals surface area contributed by atoms with Crippen LogP contribution in [0.15, 0.2) is 24.3 Å². The number of anilines is 1. The third-order valence-corrected chi connectivity index (χ3v) is 2.12. The van der Waals surface area contributed by atoms with Gasteiger partial charge in [0.1, 0.15) is 5.75 Å². The Bertz CT molecular complexity index is 424. The summed E-state index contributed by atoms with van der Waals surface area (Å²) in [5, 5.41) is 2.70. The summed E-state index contributed by atoms with van der Waals surface area (Å²) < 4.78 is 5.38. The zero-order valence-electron chi connectivity index (χ0n) is 9.77. The zero-order chi connectivity index (χ0) is 12.7. The first-order valence-corrected chi connectivity index (χ1v) is 5.40. The average molecular weight is 232 g/mol. The van der Waals surface area contributed by atoms with E-state index in [9.17, 15) is 4.79 Å². The number of terminal acetylenes is 1. The van der Waals surface area contributed by atoms with E-state index in [-0.39, 0.29) is 12.3 Å². The van der Waals surface area contributed by atoms with Gasteiger partial charge in [-0.05, 0) is 19.1 Å². The van der Waals surface area contributed by atoms with Crippen molar-refractivity contribution in [3.63, 3.8) is 0 Å². The number of nitrogens with two attached hydrogens (primary N) is 1. The maximum Gasteiger partial charge on any atom is 0.242 e. The van der Waals surface area contributed by atoms with Gasteiger partial charge in [-0.25, -0.2) is 0 Å². The number of amides is 1. The Labute approximate surface area is 101 Å². The Morgan fingerprint density at radius 1 is 1.59 bits per heavy atom. The lowest BCUT2D eigenvalue weighted by Crippen LogP contribution is -2.35. The van der Waals surface area contributed by atoms with Crippen LogP contribution in [0, 0.1) is 12.3 Å². The number of ether oxygens (including phenoxy) is 1. The van der Waals surface area contributed by atoms with Crippen LogP contribution in [0.2, 0.25) is 0 Å². The van der Waals surface area contributed by atoms with Crippen molar-refractivity contribution in [3.8, 4) is 18.1 Å². The van der Waals surface area contributed by atoms with Gasteiger partial charge in [0.25, 0.3) is 0 Å². The SMILES string of the molecule is C#CCC(N)C(=O)Nc1ccccc1OCC. The molecule has 17 heavy (non-hydrogen) atoms. The Kier molecular flexibility index (Phi) is 5.05. The van der Waals surface area contributed by atoms with Crippen molar-refractivity contribution >= 4 is 11.6 Å². The summed E-state index contributed by atoms with van der Waals surface area (Å²) in [5.74, 6) is 2.67. The Morgan fingerprint density at radius 2 is 2.29 bits per heavy atom. The van der Waals surface area contributed by atoms with Crippen LogP contribution in [0.4, 0.5) is 5.69 Å². The first kappa shape index (κ1) is 13.1. The lowest BCUT2D eigenvalue weighted by Gasteiger charge is -2.13. The van der Waals surface area contributed by atoms with E-state index in [4.69, 9.17) is 16.9 Å². The fraction of sp³-hybridized carbons (Fsp3) is 0.308. The van der Waals surface area contributed by atoms with Gasteiger partial charge in [0.2, 0.25) is 5.91 Å². The summed E-state index contributed by atoms with van der Waals surface area (Å²) in [6.07, 6.45) is 5.31. The molecule has 0 bridgehead atoms. The molecule has 0 heterocycles. The van der Waals surface area contributed by atoms with E-state index in [2.05, 4.69) is 11.2 Å². The van der Waals surface area contributed by atoms with Crippen molar-refractivity contribution < 1.29 is 9.53 Å². The molecule has 0 fully saturated rings. The third kappa shape index (κ3) is 3.82. The molecule has 3 N–H and O–H groups in total. The van der Waals surface area contributed by atoms with Gasteiger partial charge in [-0.3, -0.25) is 4.79 Å². The van der Waals surface area contributed by atoms with Gasteiger partial charge in [0.05, 0.1) is 18.3 Å². The molecule has 4 nitrogen and oxygen atoms in total. The summed E-state index contributed by atoms with van der Waals surface area (Å²) >= 11 is 0. The van der Waals surface area contributed by atoms with Crippen LogP contribution in [0.1, 0.15) is 13.3 Å². The Morgan fingerprint density at radius 3 is 2.94 bits per heavy atom. The normalized spacial score (nSPS) is 11.4. The molecule has 0 aliphatic heterocycles. The minimum Gasteiger partial charge on any atom is -0.492 e. The van der Waals surface area contributed by atoms with E-state index in [0.717, 1.165) is 0 Å². The van der Waals surface area contributed by atoms with Crippen LogP contribution in [-0.4, -0.2) is 18.6 Å². The number of hydrogen-bond donors (Lipinski definition) is 2. The maximum absolute atomic E-state index is 11.7. The first-order valence-electron chi connectivity index (χ1n) is 5.40. The molecule has 0 aromatic heterocycles. The van der Waals surface area contributed by atoms with Gasteiger partial charge < -0.3 is 15.8 Å². The molecule has 0 saturated heterocycles. The molecule has 1 aromatic rings. The molecule has 1 atom stereocenters.